The lowest BCUT2D eigenvalue weighted by molar-refractivity contribution is -0.126. The molecule has 6 heteroatoms. The number of nitrogens with one attached hydrogen (secondary N) is 2. The Morgan fingerprint density at radius 2 is 2.00 bits per heavy atom. The molecule has 3 aliphatic rings. The number of amides is 2. The Balaban J connectivity index is 0.00000147. The number of hydrogen-bond donors (Lipinski definition) is 2. The molecular formula is C14H24ClN3O2. The van der Waals surface area contributed by atoms with Crippen LogP contribution in [0.1, 0.15) is 38.5 Å². The number of carbonyl (C=O) groups is 2. The fourth-order valence-electron chi connectivity index (χ4n) is 3.85. The van der Waals surface area contributed by atoms with E-state index in [0.717, 1.165) is 12.8 Å². The normalized spacial score (nSPS) is 35.9. The van der Waals surface area contributed by atoms with Crippen LogP contribution in [0.25, 0.3) is 0 Å². The number of likely N-dealkylation sites (tertiary alicyclic amines) is 1. The highest BCUT2D eigenvalue weighted by Crippen LogP contribution is 2.32. The molecular weight excluding hydrogens is 278 g/mol. The predicted octanol–water partition coefficient (Wildman–Crippen LogP) is 0.676. The summed E-state index contributed by atoms with van der Waals surface area (Å²) in [5, 5.41) is 6.61. The first-order chi connectivity index (χ1) is 9.10. The van der Waals surface area contributed by atoms with Gasteiger partial charge in [-0.3, -0.25) is 9.59 Å². The van der Waals surface area contributed by atoms with Crippen LogP contribution in [0.4, 0.5) is 0 Å². The van der Waals surface area contributed by atoms with Crippen molar-refractivity contribution in [1.29, 1.82) is 0 Å². The second kappa shape index (κ2) is 6.31. The standard InChI is InChI=1S/C14H23N3O2.ClH/c1-17-8-12(7-14(17)19)16-13(18)6-9-4-10-2-3-11(5-9)15-10;/h9-12,15H,2-8H2,1H3,(H,16,18);1H. The highest BCUT2D eigenvalue weighted by Gasteiger charge is 2.35. The molecule has 0 aromatic rings. The number of halogens is 1. The molecule has 2 bridgehead atoms. The van der Waals surface area contributed by atoms with Crippen LogP contribution >= 0.6 is 12.4 Å². The van der Waals surface area contributed by atoms with Gasteiger partial charge in [0.05, 0.1) is 6.04 Å². The Bertz CT molecular complexity index is 379. The van der Waals surface area contributed by atoms with Gasteiger partial charge in [-0.2, -0.15) is 0 Å². The molecule has 3 unspecified atom stereocenters. The minimum Gasteiger partial charge on any atom is -0.351 e. The lowest BCUT2D eigenvalue weighted by Crippen LogP contribution is -2.41. The highest BCUT2D eigenvalue weighted by atomic mass is 35.5. The van der Waals surface area contributed by atoms with Crippen LogP contribution in [0.2, 0.25) is 0 Å². The third-order valence-corrected chi connectivity index (χ3v) is 4.75. The second-order valence-corrected chi connectivity index (χ2v) is 6.42. The van der Waals surface area contributed by atoms with Gasteiger partial charge in [0.15, 0.2) is 0 Å². The average Bonchev–Trinajstić information content (AvgIpc) is 2.82. The van der Waals surface area contributed by atoms with Gasteiger partial charge in [0.25, 0.3) is 0 Å². The van der Waals surface area contributed by atoms with Crippen molar-refractivity contribution in [2.24, 2.45) is 5.92 Å². The maximum atomic E-state index is 12.1. The second-order valence-electron chi connectivity index (χ2n) is 6.42. The third-order valence-electron chi connectivity index (χ3n) is 4.75. The molecule has 0 aromatic carbocycles. The van der Waals surface area contributed by atoms with Crippen molar-refractivity contribution >= 4 is 24.2 Å². The van der Waals surface area contributed by atoms with E-state index in [0.29, 0.717) is 37.4 Å². The summed E-state index contributed by atoms with van der Waals surface area (Å²) in [4.78, 5) is 25.2. The topological polar surface area (TPSA) is 61.4 Å². The number of carbonyl (C=O) groups excluding carboxylic acids is 2. The summed E-state index contributed by atoms with van der Waals surface area (Å²) < 4.78 is 0. The Morgan fingerprint density at radius 3 is 2.55 bits per heavy atom. The van der Waals surface area contributed by atoms with Gasteiger partial charge in [-0.25, -0.2) is 0 Å². The maximum absolute atomic E-state index is 12.1. The number of hydrogen-bond acceptors (Lipinski definition) is 3. The van der Waals surface area contributed by atoms with E-state index in [2.05, 4.69) is 10.6 Å². The summed E-state index contributed by atoms with van der Waals surface area (Å²) in [5.41, 5.74) is 0. The molecule has 0 aliphatic carbocycles. The minimum atomic E-state index is 0. The zero-order chi connectivity index (χ0) is 13.4. The first-order valence-corrected chi connectivity index (χ1v) is 7.39. The molecule has 0 spiro atoms. The fourth-order valence-corrected chi connectivity index (χ4v) is 3.85. The van der Waals surface area contributed by atoms with Gasteiger partial charge in [0, 0.05) is 38.5 Å². The van der Waals surface area contributed by atoms with Crippen molar-refractivity contribution in [2.45, 2.75) is 56.7 Å². The zero-order valence-electron chi connectivity index (χ0n) is 11.9. The molecule has 114 valence electrons. The van der Waals surface area contributed by atoms with Gasteiger partial charge in [0.2, 0.25) is 11.8 Å². The van der Waals surface area contributed by atoms with Crippen LogP contribution in [-0.2, 0) is 9.59 Å². The molecule has 0 radical (unpaired) electrons. The van der Waals surface area contributed by atoms with Crippen molar-refractivity contribution in [3.63, 3.8) is 0 Å². The minimum absolute atomic E-state index is 0. The van der Waals surface area contributed by atoms with Crippen LogP contribution in [0.5, 0.6) is 0 Å². The number of fused-ring (bicyclic) bond motifs is 2. The molecule has 3 heterocycles. The Labute approximate surface area is 126 Å². The van der Waals surface area contributed by atoms with Crippen LogP contribution in [0.15, 0.2) is 0 Å². The molecule has 3 rings (SSSR count). The van der Waals surface area contributed by atoms with Gasteiger partial charge in [-0.1, -0.05) is 0 Å². The quantitative estimate of drug-likeness (QED) is 0.806. The first-order valence-electron chi connectivity index (χ1n) is 7.39. The highest BCUT2D eigenvalue weighted by molar-refractivity contribution is 5.85. The first kappa shape index (κ1) is 15.6. The fraction of sp³-hybridized carbons (Fsp3) is 0.857. The summed E-state index contributed by atoms with van der Waals surface area (Å²) in [6.07, 6.45) is 5.89. The van der Waals surface area contributed by atoms with E-state index in [1.165, 1.54) is 12.8 Å². The number of nitrogens with zero attached hydrogens (tertiary/aromatic N) is 1. The van der Waals surface area contributed by atoms with Gasteiger partial charge >= 0.3 is 0 Å². The maximum Gasteiger partial charge on any atom is 0.224 e. The zero-order valence-corrected chi connectivity index (χ0v) is 12.7. The van der Waals surface area contributed by atoms with E-state index in [-0.39, 0.29) is 30.3 Å². The molecule has 3 atom stereocenters. The molecule has 5 nitrogen and oxygen atoms in total. The van der Waals surface area contributed by atoms with E-state index < -0.39 is 0 Å². The Morgan fingerprint density at radius 1 is 1.35 bits per heavy atom. The molecule has 2 N–H and O–H groups in total. The summed E-state index contributed by atoms with van der Waals surface area (Å²) in [7, 11) is 1.79. The summed E-state index contributed by atoms with van der Waals surface area (Å²) in [5.74, 6) is 0.776. The van der Waals surface area contributed by atoms with Crippen LogP contribution < -0.4 is 10.6 Å². The van der Waals surface area contributed by atoms with Crippen molar-refractivity contribution in [2.75, 3.05) is 13.6 Å². The van der Waals surface area contributed by atoms with Crippen LogP contribution in [0.3, 0.4) is 0 Å². The van der Waals surface area contributed by atoms with Crippen LogP contribution in [-0.4, -0.2) is 48.4 Å². The van der Waals surface area contributed by atoms with Crippen molar-refractivity contribution in [3.8, 4) is 0 Å². The number of rotatable bonds is 3. The van der Waals surface area contributed by atoms with Gasteiger partial charge in [0.1, 0.15) is 0 Å². The average molecular weight is 302 g/mol. The summed E-state index contributed by atoms with van der Waals surface area (Å²) >= 11 is 0. The van der Waals surface area contributed by atoms with E-state index in [9.17, 15) is 9.59 Å². The molecule has 3 saturated heterocycles. The molecule has 0 aromatic heterocycles. The Hall–Kier alpha value is -0.810. The van der Waals surface area contributed by atoms with Crippen molar-refractivity contribution < 1.29 is 9.59 Å². The third kappa shape index (κ3) is 3.44. The summed E-state index contributed by atoms with van der Waals surface area (Å²) in [6.45, 7) is 0.655. The lowest BCUT2D eigenvalue weighted by Gasteiger charge is -2.28. The molecule has 3 fully saturated rings. The van der Waals surface area contributed by atoms with E-state index >= 15 is 0 Å². The van der Waals surface area contributed by atoms with Crippen molar-refractivity contribution in [3.05, 3.63) is 0 Å². The lowest BCUT2D eigenvalue weighted by atomic mass is 9.89. The van der Waals surface area contributed by atoms with Gasteiger partial charge in [-0.15, -0.1) is 12.4 Å². The smallest absolute Gasteiger partial charge is 0.224 e. The number of likely N-dealkylation sites (N-methyl/N-ethyl adjacent to an activating group) is 1. The van der Waals surface area contributed by atoms with Crippen LogP contribution in [0, 0.1) is 5.92 Å². The van der Waals surface area contributed by atoms with Gasteiger partial charge in [-0.05, 0) is 31.6 Å². The predicted molar refractivity (Wildman–Crippen MR) is 78.7 cm³/mol. The largest absolute Gasteiger partial charge is 0.351 e. The number of piperidine rings is 1. The van der Waals surface area contributed by atoms with Crippen molar-refractivity contribution in [1.82, 2.24) is 15.5 Å². The molecule has 0 saturated carbocycles. The van der Waals surface area contributed by atoms with E-state index in [4.69, 9.17) is 0 Å². The summed E-state index contributed by atoms with van der Waals surface area (Å²) in [6, 6.07) is 1.29. The van der Waals surface area contributed by atoms with E-state index in [1.807, 2.05) is 0 Å². The van der Waals surface area contributed by atoms with Gasteiger partial charge < -0.3 is 15.5 Å². The molecule has 3 aliphatic heterocycles. The SMILES string of the molecule is CN1CC(NC(=O)CC2CC3CCC(C2)N3)CC1=O.Cl. The molecule has 2 amide bonds. The Kier molecular flexibility index (Phi) is 4.91. The molecule has 20 heavy (non-hydrogen) atoms. The monoisotopic (exact) mass is 301 g/mol. The van der Waals surface area contributed by atoms with E-state index in [1.54, 1.807) is 11.9 Å².